The van der Waals surface area contributed by atoms with Crippen molar-refractivity contribution in [1.82, 2.24) is 19.9 Å². The third-order valence-corrected chi connectivity index (χ3v) is 8.84. The maximum atomic E-state index is 14.6. The van der Waals surface area contributed by atoms with Crippen LogP contribution in [0.15, 0.2) is 28.0 Å². The van der Waals surface area contributed by atoms with Crippen LogP contribution in [0.3, 0.4) is 0 Å². The van der Waals surface area contributed by atoms with Crippen molar-refractivity contribution in [2.24, 2.45) is 11.1 Å². The molecule has 0 bridgehead atoms. The van der Waals surface area contributed by atoms with E-state index in [4.69, 9.17) is 19.0 Å². The molecule has 0 unspecified atom stereocenters. The van der Waals surface area contributed by atoms with E-state index in [9.17, 15) is 23.8 Å². The predicted molar refractivity (Wildman–Crippen MR) is 157 cm³/mol. The first kappa shape index (κ1) is 32.7. The number of nitrogens with zero attached hydrogens (tertiary/aromatic N) is 5. The average Bonchev–Trinajstić information content (AvgIpc) is 3.66. The summed E-state index contributed by atoms with van der Waals surface area (Å²) in [6.45, 7) is 6.19. The van der Waals surface area contributed by atoms with Gasteiger partial charge in [-0.15, -0.1) is 5.10 Å². The summed E-state index contributed by atoms with van der Waals surface area (Å²) < 4.78 is 47.5. The number of carbonyl (C=O) groups is 1. The van der Waals surface area contributed by atoms with E-state index in [1.54, 1.807) is 4.90 Å². The molecule has 6 atom stereocenters. The molecule has 2 N–H and O–H groups in total. The Morgan fingerprint density at radius 1 is 1.18 bits per heavy atom. The summed E-state index contributed by atoms with van der Waals surface area (Å²) in [5.74, 6) is -1.97. The van der Waals surface area contributed by atoms with Gasteiger partial charge in [-0.05, 0) is 61.7 Å². The predicted octanol–water partition coefficient (Wildman–Crippen LogP) is 3.84. The van der Waals surface area contributed by atoms with Gasteiger partial charge in [-0.1, -0.05) is 10.4 Å². The van der Waals surface area contributed by atoms with Gasteiger partial charge in [-0.25, -0.2) is 18.3 Å². The summed E-state index contributed by atoms with van der Waals surface area (Å²) in [5.41, 5.74) is 0.338. The van der Waals surface area contributed by atoms with E-state index in [2.05, 4.69) is 31.4 Å². The highest BCUT2D eigenvalue weighted by atomic mass is 79.9. The number of hydrogen-bond acceptors (Lipinski definition) is 10. The highest BCUT2D eigenvalue weighted by Crippen LogP contribution is 2.37. The van der Waals surface area contributed by atoms with Crippen molar-refractivity contribution in [1.29, 1.82) is 0 Å². The number of carbonyl (C=O) groups excluding carboxylic acids is 1. The second-order valence-electron chi connectivity index (χ2n) is 12.4. The summed E-state index contributed by atoms with van der Waals surface area (Å²) in [6.07, 6.45) is -0.451. The van der Waals surface area contributed by atoms with Crippen molar-refractivity contribution in [2.75, 3.05) is 26.8 Å². The number of aliphatic hydroxyl groups is 2. The number of aromatic nitrogens is 3. The summed E-state index contributed by atoms with van der Waals surface area (Å²) in [6, 6.07) is 1.88. The number of halogens is 3. The van der Waals surface area contributed by atoms with Crippen LogP contribution in [0.1, 0.15) is 52.5 Å². The molecule has 0 saturated carbocycles. The van der Waals surface area contributed by atoms with E-state index in [0.29, 0.717) is 25.9 Å². The van der Waals surface area contributed by atoms with Gasteiger partial charge in [0.15, 0.2) is 11.6 Å². The third kappa shape index (κ3) is 6.91. The van der Waals surface area contributed by atoms with Gasteiger partial charge in [-0.3, -0.25) is 0 Å². The van der Waals surface area contributed by atoms with Crippen molar-refractivity contribution in [3.63, 3.8) is 0 Å². The molecule has 0 spiro atoms. The maximum absolute atomic E-state index is 14.6. The molecule has 1 aromatic heterocycles. The van der Waals surface area contributed by atoms with Gasteiger partial charge in [0.05, 0.1) is 29.1 Å². The molecule has 0 radical (unpaired) electrons. The van der Waals surface area contributed by atoms with Crippen LogP contribution >= 0.6 is 15.9 Å². The normalized spacial score (nSPS) is 28.1. The minimum absolute atomic E-state index is 0.0217. The molecule has 15 heteroatoms. The van der Waals surface area contributed by atoms with Gasteiger partial charge in [0.1, 0.15) is 41.8 Å². The Bertz CT molecular complexity index is 1360. The number of amides is 1. The second-order valence-corrected chi connectivity index (χ2v) is 13.2. The first-order chi connectivity index (χ1) is 20.9. The van der Waals surface area contributed by atoms with Crippen LogP contribution in [0, 0.1) is 17.6 Å². The minimum atomic E-state index is -1.24. The SMILES string of the molecule is CO[C@@H]1[C@@H](n2cc(-c3ccc(Br)c(F)c3F)nn2)[C@@H](O)[C@@H](CO)O[C@@H]1C[C@H]1CC(C2CCN(C(=O)OC(C)(C)C)CC2)=NO1. The summed E-state index contributed by atoms with van der Waals surface area (Å²) >= 11 is 2.96. The van der Waals surface area contributed by atoms with E-state index in [1.807, 2.05) is 20.8 Å². The first-order valence-corrected chi connectivity index (χ1v) is 15.4. The zero-order valence-electron chi connectivity index (χ0n) is 25.0. The number of ether oxygens (including phenoxy) is 3. The fourth-order valence-corrected chi connectivity index (χ4v) is 6.33. The molecule has 0 aliphatic carbocycles. The number of aliphatic hydroxyl groups excluding tert-OH is 2. The Balaban J connectivity index is 1.24. The lowest BCUT2D eigenvalue weighted by atomic mass is 9.86. The number of likely N-dealkylation sites (tertiary alicyclic amines) is 1. The number of benzene rings is 1. The number of piperidine rings is 1. The van der Waals surface area contributed by atoms with Crippen molar-refractivity contribution in [2.45, 2.75) is 88.6 Å². The van der Waals surface area contributed by atoms with Crippen molar-refractivity contribution in [3.05, 3.63) is 34.4 Å². The van der Waals surface area contributed by atoms with Crippen molar-refractivity contribution in [3.8, 4) is 11.3 Å². The van der Waals surface area contributed by atoms with Crippen LogP contribution in [0.5, 0.6) is 0 Å². The van der Waals surface area contributed by atoms with Gasteiger partial charge in [0.25, 0.3) is 0 Å². The summed E-state index contributed by atoms with van der Waals surface area (Å²) in [7, 11) is 1.47. The molecule has 2 saturated heterocycles. The van der Waals surface area contributed by atoms with Gasteiger partial charge in [-0.2, -0.15) is 0 Å². The highest BCUT2D eigenvalue weighted by Gasteiger charge is 2.48. The fraction of sp³-hybridized carbons (Fsp3) is 0.655. The molecule has 44 heavy (non-hydrogen) atoms. The molecule has 5 rings (SSSR count). The fourth-order valence-electron chi connectivity index (χ4n) is 6.02. The van der Waals surface area contributed by atoms with Gasteiger partial charge >= 0.3 is 6.09 Å². The van der Waals surface area contributed by atoms with Crippen LogP contribution in [0.2, 0.25) is 0 Å². The zero-order chi connectivity index (χ0) is 31.8. The zero-order valence-corrected chi connectivity index (χ0v) is 26.6. The molecule has 2 fully saturated rings. The van der Waals surface area contributed by atoms with Crippen LogP contribution in [-0.4, -0.2) is 105 Å². The Labute approximate surface area is 262 Å². The molecule has 242 valence electrons. The monoisotopic (exact) mass is 685 g/mol. The molecule has 12 nitrogen and oxygen atoms in total. The highest BCUT2D eigenvalue weighted by molar-refractivity contribution is 9.10. The Morgan fingerprint density at radius 2 is 1.91 bits per heavy atom. The van der Waals surface area contributed by atoms with Crippen molar-refractivity contribution < 1.29 is 42.8 Å². The maximum Gasteiger partial charge on any atom is 0.410 e. The van der Waals surface area contributed by atoms with E-state index in [1.165, 1.54) is 30.1 Å². The average molecular weight is 687 g/mol. The largest absolute Gasteiger partial charge is 0.444 e. The van der Waals surface area contributed by atoms with E-state index in [-0.39, 0.29) is 33.8 Å². The lowest BCUT2D eigenvalue weighted by Crippen LogP contribution is -2.57. The Hall–Kier alpha value is -2.72. The molecular weight excluding hydrogens is 648 g/mol. The van der Waals surface area contributed by atoms with E-state index in [0.717, 1.165) is 18.6 Å². The first-order valence-electron chi connectivity index (χ1n) is 14.6. The second kappa shape index (κ2) is 13.3. The van der Waals surface area contributed by atoms with Gasteiger partial charge in [0, 0.05) is 44.5 Å². The van der Waals surface area contributed by atoms with Crippen LogP contribution in [0.4, 0.5) is 13.6 Å². The Kier molecular flexibility index (Phi) is 9.90. The molecule has 3 aliphatic heterocycles. The molecule has 4 heterocycles. The van der Waals surface area contributed by atoms with Gasteiger partial charge in [0.2, 0.25) is 0 Å². The lowest BCUT2D eigenvalue weighted by molar-refractivity contribution is -0.219. The van der Waals surface area contributed by atoms with Crippen LogP contribution < -0.4 is 0 Å². The van der Waals surface area contributed by atoms with Crippen LogP contribution in [-0.2, 0) is 19.0 Å². The minimum Gasteiger partial charge on any atom is -0.444 e. The molecular formula is C29H38BrF2N5O7. The Morgan fingerprint density at radius 3 is 2.57 bits per heavy atom. The topological polar surface area (TPSA) is 141 Å². The smallest absolute Gasteiger partial charge is 0.410 e. The number of hydrogen-bond donors (Lipinski definition) is 2. The van der Waals surface area contributed by atoms with E-state index >= 15 is 0 Å². The summed E-state index contributed by atoms with van der Waals surface area (Å²) in [4.78, 5) is 19.9. The lowest BCUT2D eigenvalue weighted by Gasteiger charge is -2.44. The number of rotatable bonds is 7. The number of methoxy groups -OCH3 is 1. The van der Waals surface area contributed by atoms with Gasteiger partial charge < -0.3 is 34.2 Å². The molecule has 1 amide bonds. The summed E-state index contributed by atoms with van der Waals surface area (Å²) in [5, 5.41) is 33.6. The molecule has 3 aliphatic rings. The molecule has 1 aromatic carbocycles. The standard InChI is InChI=1S/C29H38BrF2N5O7/c1-29(2,3)43-28(40)36-9-7-15(8-10-36)19-11-16(44-34-19)12-21-27(41-4)25(26(39)22(14-38)42-21)37-13-20(33-35-37)17-5-6-18(30)24(32)23(17)31/h5-6,13,15-16,21-22,25-27,38-39H,7-12,14H2,1-4H3/t16-,21-,22-,25+,26+,27+/m1/s1. The third-order valence-electron chi connectivity index (χ3n) is 8.23. The quantitative estimate of drug-likeness (QED) is 0.416. The molecule has 2 aromatic rings. The van der Waals surface area contributed by atoms with Crippen LogP contribution in [0.25, 0.3) is 11.3 Å². The number of oxime groups is 1. The van der Waals surface area contributed by atoms with Crippen molar-refractivity contribution >= 4 is 27.7 Å². The van der Waals surface area contributed by atoms with E-state index < -0.39 is 54.3 Å².